The second kappa shape index (κ2) is 6.92. The number of nitrogens with zero attached hydrogens (tertiary/aromatic N) is 2. The van der Waals surface area contributed by atoms with Crippen LogP contribution in [0.5, 0.6) is 11.5 Å². The summed E-state index contributed by atoms with van der Waals surface area (Å²) in [6.45, 7) is 0. The normalized spacial score (nSPS) is 10.1. The minimum atomic E-state index is -0.906. The summed E-state index contributed by atoms with van der Waals surface area (Å²) in [5.41, 5.74) is -0.765. The summed E-state index contributed by atoms with van der Waals surface area (Å²) in [5, 5.41) is 21.5. The van der Waals surface area contributed by atoms with Gasteiger partial charge in [-0.2, -0.15) is 0 Å². The molecular weight excluding hydrogens is 344 g/mol. The lowest BCUT2D eigenvalue weighted by molar-refractivity contribution is -0.385. The van der Waals surface area contributed by atoms with Gasteiger partial charge < -0.3 is 9.47 Å². The molecule has 0 radical (unpaired) electrons. The third-order valence-electron chi connectivity index (χ3n) is 2.94. The Morgan fingerprint density at radius 2 is 1.71 bits per heavy atom. The number of rotatable bonds is 5. The first-order valence-corrected chi connectivity index (χ1v) is 6.70. The summed E-state index contributed by atoms with van der Waals surface area (Å²) in [4.78, 5) is 32.3. The van der Waals surface area contributed by atoms with E-state index >= 15 is 0 Å². The Labute approximate surface area is 139 Å². The molecule has 0 aliphatic rings. The van der Waals surface area contributed by atoms with E-state index in [0.29, 0.717) is 0 Å². The van der Waals surface area contributed by atoms with Crippen LogP contribution >= 0.6 is 11.6 Å². The van der Waals surface area contributed by atoms with Crippen LogP contribution in [0.4, 0.5) is 11.4 Å². The van der Waals surface area contributed by atoms with Gasteiger partial charge in [0.2, 0.25) is 0 Å². The molecule has 2 rings (SSSR count). The van der Waals surface area contributed by atoms with E-state index in [1.54, 1.807) is 0 Å². The van der Waals surface area contributed by atoms with Crippen LogP contribution in [0, 0.1) is 20.2 Å². The minimum absolute atomic E-state index is 0.00933. The molecule has 0 unspecified atom stereocenters. The molecule has 0 amide bonds. The van der Waals surface area contributed by atoms with Crippen molar-refractivity contribution in [2.45, 2.75) is 0 Å². The van der Waals surface area contributed by atoms with Crippen LogP contribution in [0.25, 0.3) is 0 Å². The number of nitro benzene ring substituents is 2. The van der Waals surface area contributed by atoms with Crippen molar-refractivity contribution in [3.8, 4) is 11.5 Å². The topological polar surface area (TPSA) is 122 Å². The predicted octanol–water partition coefficient (Wildman–Crippen LogP) is 3.38. The van der Waals surface area contributed by atoms with Crippen LogP contribution in [-0.2, 0) is 0 Å². The molecule has 10 heteroatoms. The van der Waals surface area contributed by atoms with Crippen LogP contribution < -0.4 is 9.47 Å². The molecule has 2 aromatic rings. The van der Waals surface area contributed by atoms with Gasteiger partial charge >= 0.3 is 11.7 Å². The average Bonchev–Trinajstić information content (AvgIpc) is 2.55. The lowest BCUT2D eigenvalue weighted by Crippen LogP contribution is -2.09. The maximum atomic E-state index is 12.1. The number of methoxy groups -OCH3 is 1. The number of esters is 1. The first kappa shape index (κ1) is 17.2. The molecule has 0 aliphatic heterocycles. The van der Waals surface area contributed by atoms with E-state index in [-0.39, 0.29) is 27.8 Å². The summed E-state index contributed by atoms with van der Waals surface area (Å²) in [7, 11) is 1.26. The molecule has 9 nitrogen and oxygen atoms in total. The molecule has 0 saturated carbocycles. The van der Waals surface area contributed by atoms with Gasteiger partial charge in [0.15, 0.2) is 5.75 Å². The number of hydrogen-bond donors (Lipinski definition) is 0. The van der Waals surface area contributed by atoms with Crippen molar-refractivity contribution in [3.05, 3.63) is 67.2 Å². The quantitative estimate of drug-likeness (QED) is 0.350. The van der Waals surface area contributed by atoms with Gasteiger partial charge in [0.1, 0.15) is 5.75 Å². The molecule has 0 saturated heterocycles. The zero-order valence-electron chi connectivity index (χ0n) is 12.1. The highest BCUT2D eigenvalue weighted by Crippen LogP contribution is 2.31. The number of benzene rings is 2. The fourth-order valence-electron chi connectivity index (χ4n) is 1.80. The number of non-ortho nitro benzene ring substituents is 1. The minimum Gasteiger partial charge on any atom is -0.490 e. The van der Waals surface area contributed by atoms with Crippen LogP contribution in [-0.4, -0.2) is 22.9 Å². The summed E-state index contributed by atoms with van der Waals surface area (Å²) in [5.74, 6) is -1.02. The molecule has 0 spiro atoms. The summed E-state index contributed by atoms with van der Waals surface area (Å²) in [6.07, 6.45) is 0. The Morgan fingerprint density at radius 3 is 2.25 bits per heavy atom. The first-order valence-electron chi connectivity index (χ1n) is 6.32. The fourth-order valence-corrected chi connectivity index (χ4v) is 2.02. The maximum Gasteiger partial charge on any atom is 0.343 e. The third kappa shape index (κ3) is 3.58. The van der Waals surface area contributed by atoms with Crippen LogP contribution in [0.2, 0.25) is 5.02 Å². The van der Waals surface area contributed by atoms with E-state index in [4.69, 9.17) is 21.1 Å². The van der Waals surface area contributed by atoms with Gasteiger partial charge in [-0.05, 0) is 18.2 Å². The standard InChI is InChI=1S/C14H9ClN2O7/c1-23-13-4-2-8(6-11(13)17(21)22)14(18)24-12-5-3-9(16(19)20)7-10(12)15/h2-7H,1H3. The van der Waals surface area contributed by atoms with Gasteiger partial charge in [0.25, 0.3) is 5.69 Å². The van der Waals surface area contributed by atoms with Crippen molar-refractivity contribution in [3.63, 3.8) is 0 Å². The smallest absolute Gasteiger partial charge is 0.343 e. The molecular formula is C14H9ClN2O7. The highest BCUT2D eigenvalue weighted by atomic mass is 35.5. The van der Waals surface area contributed by atoms with Gasteiger partial charge in [-0.15, -0.1) is 0 Å². The zero-order chi connectivity index (χ0) is 17.9. The third-order valence-corrected chi connectivity index (χ3v) is 3.24. The van der Waals surface area contributed by atoms with Gasteiger partial charge in [0, 0.05) is 18.2 Å². The number of hydrogen-bond acceptors (Lipinski definition) is 7. The Bertz CT molecular complexity index is 838. The molecule has 0 fully saturated rings. The molecule has 0 bridgehead atoms. The first-order chi connectivity index (χ1) is 11.3. The largest absolute Gasteiger partial charge is 0.490 e. The maximum absolute atomic E-state index is 12.1. The van der Waals surface area contributed by atoms with E-state index < -0.39 is 21.5 Å². The second-order valence-electron chi connectivity index (χ2n) is 4.41. The van der Waals surface area contributed by atoms with E-state index in [1.165, 1.54) is 19.2 Å². The van der Waals surface area contributed by atoms with Crippen molar-refractivity contribution >= 4 is 28.9 Å². The molecule has 0 aliphatic carbocycles. The molecule has 2 aromatic carbocycles. The van der Waals surface area contributed by atoms with Gasteiger partial charge in [-0.1, -0.05) is 11.6 Å². The van der Waals surface area contributed by atoms with Crippen molar-refractivity contribution in [2.75, 3.05) is 7.11 Å². The molecule has 0 atom stereocenters. The van der Waals surface area contributed by atoms with E-state index in [2.05, 4.69) is 0 Å². The van der Waals surface area contributed by atoms with Crippen LogP contribution in [0.1, 0.15) is 10.4 Å². The van der Waals surface area contributed by atoms with Crippen molar-refractivity contribution in [2.24, 2.45) is 0 Å². The molecule has 0 N–H and O–H groups in total. The highest BCUT2D eigenvalue weighted by molar-refractivity contribution is 6.32. The lowest BCUT2D eigenvalue weighted by Gasteiger charge is -2.07. The second-order valence-corrected chi connectivity index (χ2v) is 4.81. The number of carbonyl (C=O) groups excluding carboxylic acids is 1. The van der Waals surface area contributed by atoms with Gasteiger partial charge in [-0.3, -0.25) is 20.2 Å². The molecule has 124 valence electrons. The molecule has 0 aromatic heterocycles. The zero-order valence-corrected chi connectivity index (χ0v) is 12.9. The Kier molecular flexibility index (Phi) is 4.95. The Morgan fingerprint density at radius 1 is 1.04 bits per heavy atom. The number of carbonyl (C=O) groups is 1. The van der Waals surface area contributed by atoms with Crippen molar-refractivity contribution < 1.29 is 24.1 Å². The fraction of sp³-hybridized carbons (Fsp3) is 0.0714. The molecule has 0 heterocycles. The summed E-state index contributed by atoms with van der Waals surface area (Å²) in [6, 6.07) is 6.85. The van der Waals surface area contributed by atoms with Crippen LogP contribution in [0.15, 0.2) is 36.4 Å². The van der Waals surface area contributed by atoms with Crippen LogP contribution in [0.3, 0.4) is 0 Å². The number of halogens is 1. The number of nitro groups is 2. The monoisotopic (exact) mass is 352 g/mol. The average molecular weight is 353 g/mol. The highest BCUT2D eigenvalue weighted by Gasteiger charge is 2.20. The van der Waals surface area contributed by atoms with Gasteiger partial charge in [-0.25, -0.2) is 4.79 Å². The predicted molar refractivity (Wildman–Crippen MR) is 82.7 cm³/mol. The van der Waals surface area contributed by atoms with E-state index in [0.717, 1.165) is 24.3 Å². The van der Waals surface area contributed by atoms with Crippen molar-refractivity contribution in [1.29, 1.82) is 0 Å². The van der Waals surface area contributed by atoms with E-state index in [9.17, 15) is 25.0 Å². The SMILES string of the molecule is COc1ccc(C(=O)Oc2ccc([N+](=O)[O-])cc2Cl)cc1[N+](=O)[O-]. The summed E-state index contributed by atoms with van der Waals surface area (Å²) < 4.78 is 9.85. The Hall–Kier alpha value is -3.20. The lowest BCUT2D eigenvalue weighted by atomic mass is 10.2. The van der Waals surface area contributed by atoms with Gasteiger partial charge in [0.05, 0.1) is 27.5 Å². The molecule has 24 heavy (non-hydrogen) atoms. The number of ether oxygens (including phenoxy) is 2. The van der Waals surface area contributed by atoms with Crippen molar-refractivity contribution in [1.82, 2.24) is 0 Å². The summed E-state index contributed by atoms with van der Waals surface area (Å²) >= 11 is 5.82. The van der Waals surface area contributed by atoms with E-state index in [1.807, 2.05) is 0 Å². The Balaban J connectivity index is 2.29.